The summed E-state index contributed by atoms with van der Waals surface area (Å²) in [6.07, 6.45) is 3.03. The molecule has 0 fully saturated rings. The topological polar surface area (TPSA) is 76.0 Å². The Hall–Kier alpha value is -2.47. The smallest absolute Gasteiger partial charge is 0.338 e. The monoisotopic (exact) mass is 283 g/mol. The highest BCUT2D eigenvalue weighted by Gasteiger charge is 2.14. The number of para-hydroxylation sites is 1. The molecule has 0 amide bonds. The van der Waals surface area contributed by atoms with Crippen LogP contribution in [-0.4, -0.2) is 26.0 Å². The van der Waals surface area contributed by atoms with Crippen molar-refractivity contribution in [2.75, 3.05) is 0 Å². The number of hydrogen-bond acceptors (Lipinski definition) is 5. The molecule has 1 aromatic carbocycles. The molecule has 3 aromatic rings. The maximum atomic E-state index is 11.4. The van der Waals surface area contributed by atoms with E-state index in [1.807, 2.05) is 24.3 Å². The van der Waals surface area contributed by atoms with Gasteiger partial charge in [-0.3, -0.25) is 0 Å². The minimum absolute atomic E-state index is 0.173. The van der Waals surface area contributed by atoms with Crippen LogP contribution in [-0.2, 0) is 0 Å². The Morgan fingerprint density at radius 1 is 1.20 bits per heavy atom. The summed E-state index contributed by atoms with van der Waals surface area (Å²) in [6, 6.07) is 10.8. The maximum absolute atomic E-state index is 11.4. The molecule has 2 heterocycles. The lowest BCUT2D eigenvalue weighted by Crippen LogP contribution is -2.01. The lowest BCUT2D eigenvalue weighted by atomic mass is 10.1. The summed E-state index contributed by atoms with van der Waals surface area (Å²) in [5.41, 5.74) is 0.932. The lowest BCUT2D eigenvalue weighted by molar-refractivity contribution is 0.0692. The van der Waals surface area contributed by atoms with Gasteiger partial charge in [-0.05, 0) is 30.0 Å². The van der Waals surface area contributed by atoms with Gasteiger partial charge in [-0.1, -0.05) is 18.2 Å². The second kappa shape index (κ2) is 5.26. The number of carboxylic acids is 1. The van der Waals surface area contributed by atoms with Crippen LogP contribution in [0.3, 0.4) is 0 Å². The van der Waals surface area contributed by atoms with Gasteiger partial charge in [0.2, 0.25) is 0 Å². The summed E-state index contributed by atoms with van der Waals surface area (Å²) in [6.45, 7) is 0. The minimum Gasteiger partial charge on any atom is -0.478 e. The standard InChI is InChI=1S/C14H9N3O2S/c18-14(19)10-7-9-3-1-2-4-11(9)17-13(10)20-12-5-6-15-8-16-12/h1-8H,(H,18,19). The van der Waals surface area contributed by atoms with Gasteiger partial charge in [0.15, 0.2) is 0 Å². The minimum atomic E-state index is -1.00. The number of benzene rings is 1. The molecule has 6 heteroatoms. The van der Waals surface area contributed by atoms with Crippen molar-refractivity contribution in [2.24, 2.45) is 0 Å². The summed E-state index contributed by atoms with van der Waals surface area (Å²) in [5, 5.41) is 11.2. The van der Waals surface area contributed by atoms with Gasteiger partial charge >= 0.3 is 5.97 Å². The van der Waals surface area contributed by atoms with Gasteiger partial charge in [0.1, 0.15) is 16.4 Å². The van der Waals surface area contributed by atoms with Gasteiger partial charge in [-0.2, -0.15) is 0 Å². The number of aromatic nitrogens is 3. The Kier molecular flexibility index (Phi) is 3.30. The maximum Gasteiger partial charge on any atom is 0.338 e. The molecular formula is C14H9N3O2S. The first-order valence-electron chi connectivity index (χ1n) is 5.81. The molecule has 0 aliphatic carbocycles. The van der Waals surface area contributed by atoms with Crippen molar-refractivity contribution in [1.29, 1.82) is 0 Å². The molecule has 0 aliphatic rings. The molecule has 0 spiro atoms. The van der Waals surface area contributed by atoms with Crippen molar-refractivity contribution in [1.82, 2.24) is 15.0 Å². The van der Waals surface area contributed by atoms with Crippen LogP contribution >= 0.6 is 11.8 Å². The van der Waals surface area contributed by atoms with E-state index in [4.69, 9.17) is 0 Å². The van der Waals surface area contributed by atoms with Gasteiger partial charge < -0.3 is 5.11 Å². The molecular weight excluding hydrogens is 274 g/mol. The zero-order chi connectivity index (χ0) is 13.9. The van der Waals surface area contributed by atoms with Crippen LogP contribution in [0.5, 0.6) is 0 Å². The largest absolute Gasteiger partial charge is 0.478 e. The van der Waals surface area contributed by atoms with E-state index in [-0.39, 0.29) is 5.56 Å². The normalized spacial score (nSPS) is 10.6. The number of rotatable bonds is 3. The van der Waals surface area contributed by atoms with Gasteiger partial charge in [0, 0.05) is 11.6 Å². The van der Waals surface area contributed by atoms with Crippen LogP contribution in [0.15, 0.2) is 59.0 Å². The molecule has 1 N–H and O–H groups in total. The van der Waals surface area contributed by atoms with Crippen molar-refractivity contribution < 1.29 is 9.90 Å². The van der Waals surface area contributed by atoms with E-state index in [0.717, 1.165) is 10.9 Å². The lowest BCUT2D eigenvalue weighted by Gasteiger charge is -2.06. The predicted molar refractivity (Wildman–Crippen MR) is 74.9 cm³/mol. The second-order valence-electron chi connectivity index (χ2n) is 3.99. The number of nitrogens with zero attached hydrogens (tertiary/aromatic N) is 3. The highest BCUT2D eigenvalue weighted by atomic mass is 32.2. The number of carbonyl (C=O) groups is 1. The average molecular weight is 283 g/mol. The van der Waals surface area contributed by atoms with Crippen LogP contribution < -0.4 is 0 Å². The highest BCUT2D eigenvalue weighted by Crippen LogP contribution is 2.29. The molecule has 0 saturated heterocycles. The molecule has 0 saturated carbocycles. The highest BCUT2D eigenvalue weighted by molar-refractivity contribution is 7.99. The number of hydrogen-bond donors (Lipinski definition) is 1. The molecule has 3 rings (SSSR count). The average Bonchev–Trinajstić information content (AvgIpc) is 2.47. The molecule has 20 heavy (non-hydrogen) atoms. The summed E-state index contributed by atoms with van der Waals surface area (Å²) in [5.74, 6) is -1.00. The fourth-order valence-corrected chi connectivity index (χ4v) is 2.59. The fraction of sp³-hybridized carbons (Fsp3) is 0. The number of pyridine rings is 1. The zero-order valence-electron chi connectivity index (χ0n) is 10.2. The first kappa shape index (κ1) is 12.6. The second-order valence-corrected chi connectivity index (χ2v) is 5.00. The molecule has 0 radical (unpaired) electrons. The van der Waals surface area contributed by atoms with Crippen LogP contribution in [0.1, 0.15) is 10.4 Å². The van der Waals surface area contributed by atoms with Crippen molar-refractivity contribution in [3.63, 3.8) is 0 Å². The van der Waals surface area contributed by atoms with Gasteiger partial charge in [-0.25, -0.2) is 19.7 Å². The van der Waals surface area contributed by atoms with Gasteiger partial charge in [0.05, 0.1) is 11.1 Å². The first-order chi connectivity index (χ1) is 9.74. The van der Waals surface area contributed by atoms with E-state index in [0.29, 0.717) is 10.1 Å². The summed E-state index contributed by atoms with van der Waals surface area (Å²) in [7, 11) is 0. The van der Waals surface area contributed by atoms with Crippen LogP contribution in [0.25, 0.3) is 10.9 Å². The molecule has 0 aliphatic heterocycles. The van der Waals surface area contributed by atoms with E-state index in [1.165, 1.54) is 18.1 Å². The quantitative estimate of drug-likeness (QED) is 0.745. The van der Waals surface area contributed by atoms with E-state index < -0.39 is 5.97 Å². The van der Waals surface area contributed by atoms with Crippen molar-refractivity contribution in [3.05, 3.63) is 54.5 Å². The Morgan fingerprint density at radius 2 is 2.05 bits per heavy atom. The van der Waals surface area contributed by atoms with Crippen LogP contribution in [0.2, 0.25) is 0 Å². The fourth-order valence-electron chi connectivity index (χ4n) is 1.77. The first-order valence-corrected chi connectivity index (χ1v) is 6.62. The van der Waals surface area contributed by atoms with Crippen LogP contribution in [0, 0.1) is 0 Å². The SMILES string of the molecule is O=C(O)c1cc2ccccc2nc1Sc1ccncn1. The Labute approximate surface area is 118 Å². The third-order valence-electron chi connectivity index (χ3n) is 2.68. The number of aromatic carboxylic acids is 1. The van der Waals surface area contributed by atoms with E-state index >= 15 is 0 Å². The Bertz CT molecular complexity index is 778. The Balaban J connectivity index is 2.12. The number of fused-ring (bicyclic) bond motifs is 1. The third kappa shape index (κ3) is 2.46. The van der Waals surface area contributed by atoms with E-state index in [2.05, 4.69) is 15.0 Å². The predicted octanol–water partition coefficient (Wildman–Crippen LogP) is 2.87. The van der Waals surface area contributed by atoms with Gasteiger partial charge in [0.25, 0.3) is 0 Å². The third-order valence-corrected chi connectivity index (χ3v) is 3.63. The molecule has 0 bridgehead atoms. The van der Waals surface area contributed by atoms with E-state index in [1.54, 1.807) is 18.3 Å². The number of carboxylic acid groups (broad SMARTS) is 1. The Morgan fingerprint density at radius 3 is 2.80 bits per heavy atom. The molecule has 0 atom stereocenters. The van der Waals surface area contributed by atoms with E-state index in [9.17, 15) is 9.90 Å². The summed E-state index contributed by atoms with van der Waals surface area (Å²) in [4.78, 5) is 23.7. The zero-order valence-corrected chi connectivity index (χ0v) is 11.0. The van der Waals surface area contributed by atoms with Crippen molar-refractivity contribution in [2.45, 2.75) is 10.1 Å². The summed E-state index contributed by atoms with van der Waals surface area (Å²) >= 11 is 1.21. The van der Waals surface area contributed by atoms with Crippen molar-refractivity contribution in [3.8, 4) is 0 Å². The molecule has 98 valence electrons. The molecule has 2 aromatic heterocycles. The summed E-state index contributed by atoms with van der Waals surface area (Å²) < 4.78 is 0. The molecule has 0 unspecified atom stereocenters. The van der Waals surface area contributed by atoms with Gasteiger partial charge in [-0.15, -0.1) is 0 Å². The van der Waals surface area contributed by atoms with Crippen molar-refractivity contribution >= 4 is 28.6 Å². The molecule has 5 nitrogen and oxygen atoms in total. The van der Waals surface area contributed by atoms with Crippen LogP contribution in [0.4, 0.5) is 0 Å².